The number of carbonyl (C=O) groups excluding carboxylic acids is 1. The lowest BCUT2D eigenvalue weighted by Gasteiger charge is -2.22. The van der Waals surface area contributed by atoms with E-state index < -0.39 is 0 Å². The van der Waals surface area contributed by atoms with Crippen molar-refractivity contribution in [2.45, 2.75) is 6.10 Å². The van der Waals surface area contributed by atoms with Gasteiger partial charge in [0.05, 0.1) is 0 Å². The summed E-state index contributed by atoms with van der Waals surface area (Å²) >= 11 is 0. The largest absolute Gasteiger partial charge is 0.481 e. The van der Waals surface area contributed by atoms with Crippen molar-refractivity contribution in [3.8, 4) is 5.75 Å². The number of ether oxygens (including phenoxy) is 1. The van der Waals surface area contributed by atoms with Gasteiger partial charge in [0.25, 0.3) is 5.91 Å². The molecule has 0 radical (unpaired) electrons. The second-order valence-corrected chi connectivity index (χ2v) is 5.26. The molecule has 0 fully saturated rings. The Bertz CT molecular complexity index is 704. The average molecular weight is 279 g/mol. The fourth-order valence-electron chi connectivity index (χ4n) is 2.38. The molecule has 0 bridgehead atoms. The zero-order valence-electron chi connectivity index (χ0n) is 12.1. The minimum absolute atomic E-state index is 0.00274. The van der Waals surface area contributed by atoms with E-state index in [0.29, 0.717) is 5.56 Å². The molecule has 3 nitrogen and oxygen atoms in total. The van der Waals surface area contributed by atoms with Crippen LogP contribution in [0.3, 0.4) is 0 Å². The number of nitrogens with zero attached hydrogens (tertiary/aromatic N) is 1. The van der Waals surface area contributed by atoms with Gasteiger partial charge in [-0.05, 0) is 29.8 Å². The van der Waals surface area contributed by atoms with Gasteiger partial charge in [0.1, 0.15) is 11.9 Å². The molecule has 3 rings (SSSR count). The molecule has 0 aromatic heterocycles. The maximum absolute atomic E-state index is 12.0. The van der Waals surface area contributed by atoms with Crippen molar-refractivity contribution >= 4 is 12.0 Å². The van der Waals surface area contributed by atoms with Crippen LogP contribution in [0.4, 0.5) is 0 Å². The third-order valence-corrected chi connectivity index (χ3v) is 3.49. The lowest BCUT2D eigenvalue weighted by atomic mass is 10.0. The van der Waals surface area contributed by atoms with Crippen molar-refractivity contribution in [3.63, 3.8) is 0 Å². The van der Waals surface area contributed by atoms with Crippen LogP contribution in [-0.2, 0) is 0 Å². The second-order valence-electron chi connectivity index (χ2n) is 5.26. The van der Waals surface area contributed by atoms with E-state index in [9.17, 15) is 4.79 Å². The van der Waals surface area contributed by atoms with Crippen LogP contribution in [0.1, 0.15) is 27.6 Å². The highest BCUT2D eigenvalue weighted by molar-refractivity contribution is 5.94. The van der Waals surface area contributed by atoms with Crippen LogP contribution >= 0.6 is 0 Å². The van der Waals surface area contributed by atoms with Crippen LogP contribution < -0.4 is 4.74 Å². The molecule has 0 saturated carbocycles. The van der Waals surface area contributed by atoms with E-state index in [0.717, 1.165) is 16.9 Å². The fourth-order valence-corrected chi connectivity index (χ4v) is 2.38. The molecule has 21 heavy (non-hydrogen) atoms. The predicted octanol–water partition coefficient (Wildman–Crippen LogP) is 3.54. The fraction of sp³-hybridized carbons (Fsp3) is 0.167. The summed E-state index contributed by atoms with van der Waals surface area (Å²) in [6, 6.07) is 15.5. The number of fused-ring (bicyclic) bond motifs is 1. The number of carbonyl (C=O) groups is 1. The molecular weight excluding hydrogens is 262 g/mol. The van der Waals surface area contributed by atoms with Gasteiger partial charge >= 0.3 is 0 Å². The van der Waals surface area contributed by atoms with Crippen LogP contribution in [0.25, 0.3) is 6.08 Å². The van der Waals surface area contributed by atoms with Crippen molar-refractivity contribution in [1.29, 1.82) is 0 Å². The highest BCUT2D eigenvalue weighted by atomic mass is 16.5. The first kappa shape index (κ1) is 13.4. The summed E-state index contributed by atoms with van der Waals surface area (Å²) in [5.41, 5.74) is 2.73. The van der Waals surface area contributed by atoms with Gasteiger partial charge in [-0.1, -0.05) is 36.4 Å². The lowest BCUT2D eigenvalue weighted by Crippen LogP contribution is -2.22. The lowest BCUT2D eigenvalue weighted by molar-refractivity contribution is 0.0827. The molecule has 1 unspecified atom stereocenters. The van der Waals surface area contributed by atoms with Gasteiger partial charge < -0.3 is 9.64 Å². The Morgan fingerprint density at radius 1 is 1.10 bits per heavy atom. The standard InChI is InChI=1S/C18H17NO2/c1-19(2)18(20)15-8-5-7-14(12-15)17-11-10-13-6-3-4-9-16(13)21-17/h3-12,17H,1-2H3. The summed E-state index contributed by atoms with van der Waals surface area (Å²) in [4.78, 5) is 13.6. The smallest absolute Gasteiger partial charge is 0.253 e. The molecule has 0 N–H and O–H groups in total. The number of hydrogen-bond donors (Lipinski definition) is 0. The Kier molecular flexibility index (Phi) is 3.48. The molecule has 2 aromatic carbocycles. The minimum Gasteiger partial charge on any atom is -0.481 e. The highest BCUT2D eigenvalue weighted by Gasteiger charge is 2.17. The molecule has 0 saturated heterocycles. The zero-order valence-corrected chi connectivity index (χ0v) is 12.1. The second kappa shape index (κ2) is 5.44. The molecule has 0 spiro atoms. The molecule has 1 heterocycles. The maximum Gasteiger partial charge on any atom is 0.253 e. The third-order valence-electron chi connectivity index (χ3n) is 3.49. The Labute approximate surface area is 124 Å². The summed E-state index contributed by atoms with van der Waals surface area (Å²) in [5, 5.41) is 0. The van der Waals surface area contributed by atoms with E-state index in [-0.39, 0.29) is 12.0 Å². The molecule has 1 aliphatic heterocycles. The molecule has 106 valence electrons. The van der Waals surface area contributed by atoms with Crippen molar-refractivity contribution < 1.29 is 9.53 Å². The zero-order chi connectivity index (χ0) is 14.8. The van der Waals surface area contributed by atoms with Crippen molar-refractivity contribution in [2.75, 3.05) is 14.1 Å². The summed E-state index contributed by atoms with van der Waals surface area (Å²) in [7, 11) is 3.50. The molecule has 0 aliphatic carbocycles. The van der Waals surface area contributed by atoms with Gasteiger partial charge in [-0.25, -0.2) is 0 Å². The highest BCUT2D eigenvalue weighted by Crippen LogP contribution is 2.32. The van der Waals surface area contributed by atoms with Crippen LogP contribution in [0.15, 0.2) is 54.6 Å². The number of rotatable bonds is 2. The van der Waals surface area contributed by atoms with Gasteiger partial charge in [-0.2, -0.15) is 0 Å². The van der Waals surface area contributed by atoms with Gasteiger partial charge in [0, 0.05) is 25.2 Å². The first-order valence-corrected chi connectivity index (χ1v) is 6.90. The quantitative estimate of drug-likeness (QED) is 0.841. The van der Waals surface area contributed by atoms with Crippen molar-refractivity contribution in [1.82, 2.24) is 4.90 Å². The van der Waals surface area contributed by atoms with Crippen LogP contribution in [0.2, 0.25) is 0 Å². The van der Waals surface area contributed by atoms with Gasteiger partial charge in [0.15, 0.2) is 0 Å². The maximum atomic E-state index is 12.0. The normalized spacial score (nSPS) is 16.0. The summed E-state index contributed by atoms with van der Waals surface area (Å²) in [6.45, 7) is 0. The number of hydrogen-bond acceptors (Lipinski definition) is 2. The first-order chi connectivity index (χ1) is 10.1. The average Bonchev–Trinajstić information content (AvgIpc) is 2.53. The molecular formula is C18H17NO2. The summed E-state index contributed by atoms with van der Waals surface area (Å²) in [5.74, 6) is 0.867. The van der Waals surface area contributed by atoms with Crippen molar-refractivity contribution in [3.05, 3.63) is 71.3 Å². The first-order valence-electron chi connectivity index (χ1n) is 6.90. The molecule has 1 aliphatic rings. The van der Waals surface area contributed by atoms with E-state index in [1.807, 2.05) is 54.6 Å². The van der Waals surface area contributed by atoms with E-state index in [1.54, 1.807) is 19.0 Å². The topological polar surface area (TPSA) is 29.5 Å². The minimum atomic E-state index is -0.158. The van der Waals surface area contributed by atoms with Gasteiger partial charge in [-0.15, -0.1) is 0 Å². The Hall–Kier alpha value is -2.55. The number of para-hydroxylation sites is 1. The van der Waals surface area contributed by atoms with Crippen LogP contribution in [0, 0.1) is 0 Å². The molecule has 3 heteroatoms. The molecule has 1 amide bonds. The Morgan fingerprint density at radius 2 is 1.90 bits per heavy atom. The predicted molar refractivity (Wildman–Crippen MR) is 83.3 cm³/mol. The summed E-state index contributed by atoms with van der Waals surface area (Å²) in [6.07, 6.45) is 3.92. The Morgan fingerprint density at radius 3 is 2.71 bits per heavy atom. The molecule has 2 aromatic rings. The van der Waals surface area contributed by atoms with Crippen LogP contribution in [0.5, 0.6) is 5.75 Å². The van der Waals surface area contributed by atoms with E-state index in [1.165, 1.54) is 0 Å². The van der Waals surface area contributed by atoms with E-state index in [4.69, 9.17) is 4.74 Å². The SMILES string of the molecule is CN(C)C(=O)c1cccc(C2C=Cc3ccccc3O2)c1. The van der Waals surface area contributed by atoms with E-state index >= 15 is 0 Å². The van der Waals surface area contributed by atoms with Gasteiger partial charge in [0.2, 0.25) is 0 Å². The Balaban J connectivity index is 1.89. The van der Waals surface area contributed by atoms with E-state index in [2.05, 4.69) is 6.08 Å². The van der Waals surface area contributed by atoms with Crippen LogP contribution in [-0.4, -0.2) is 24.9 Å². The number of amides is 1. The number of benzene rings is 2. The van der Waals surface area contributed by atoms with Gasteiger partial charge in [-0.3, -0.25) is 4.79 Å². The molecule has 1 atom stereocenters. The summed E-state index contributed by atoms with van der Waals surface area (Å²) < 4.78 is 6.00. The monoisotopic (exact) mass is 279 g/mol. The van der Waals surface area contributed by atoms with Crippen molar-refractivity contribution in [2.24, 2.45) is 0 Å². The third kappa shape index (κ3) is 2.68.